The molecular weight excluding hydrogens is 439 g/mol. The van der Waals surface area contributed by atoms with E-state index < -0.39 is 0 Å². The van der Waals surface area contributed by atoms with E-state index in [1.165, 1.54) is 6.54 Å². The largest absolute Gasteiger partial charge is 0.392 e. The summed E-state index contributed by atoms with van der Waals surface area (Å²) in [5.74, 6) is 1.60. The van der Waals surface area contributed by atoms with Crippen molar-refractivity contribution in [3.63, 3.8) is 0 Å². The van der Waals surface area contributed by atoms with Crippen molar-refractivity contribution in [2.24, 2.45) is 10.9 Å². The van der Waals surface area contributed by atoms with Gasteiger partial charge in [-0.1, -0.05) is 38.1 Å². The predicted octanol–water partition coefficient (Wildman–Crippen LogP) is 2.97. The second-order valence-corrected chi connectivity index (χ2v) is 7.24. The Morgan fingerprint density at radius 1 is 1.23 bits per heavy atom. The van der Waals surface area contributed by atoms with Gasteiger partial charge in [-0.25, -0.2) is 4.99 Å². The Kier molecular flexibility index (Phi) is 11.2. The van der Waals surface area contributed by atoms with Crippen LogP contribution in [0, 0.1) is 5.92 Å². The smallest absolute Gasteiger partial charge is 0.191 e. The highest BCUT2D eigenvalue weighted by atomic mass is 127. The third-order valence-electron chi connectivity index (χ3n) is 4.59. The molecule has 0 unspecified atom stereocenters. The molecule has 0 aromatic heterocycles. The van der Waals surface area contributed by atoms with E-state index in [1.807, 2.05) is 24.3 Å². The van der Waals surface area contributed by atoms with Gasteiger partial charge in [0, 0.05) is 32.2 Å². The average Bonchev–Trinajstić information content (AvgIpc) is 2.61. The number of hydrogen-bond acceptors (Lipinski definition) is 3. The molecule has 1 saturated heterocycles. The molecule has 2 rings (SSSR count). The standard InChI is InChI=1S/C20H34N4O.HI/c1-4-21-20(22-13-17-7-5-6-8-18(17)15-25)23-19-9-11-24(12-10-19)14-16(2)3;/h5-8,16,19,25H,4,9-15H2,1-3H3,(H2,21,22,23);1H. The molecule has 1 fully saturated rings. The number of rotatable bonds is 7. The van der Waals surface area contributed by atoms with Crippen LogP contribution in [0.3, 0.4) is 0 Å². The van der Waals surface area contributed by atoms with Gasteiger partial charge >= 0.3 is 0 Å². The highest BCUT2D eigenvalue weighted by Crippen LogP contribution is 2.13. The van der Waals surface area contributed by atoms with Crippen LogP contribution in [0.15, 0.2) is 29.3 Å². The molecule has 0 amide bonds. The first-order valence-electron chi connectivity index (χ1n) is 9.57. The van der Waals surface area contributed by atoms with Gasteiger partial charge in [0.05, 0.1) is 13.2 Å². The summed E-state index contributed by atoms with van der Waals surface area (Å²) in [6.07, 6.45) is 2.31. The molecule has 3 N–H and O–H groups in total. The first kappa shape index (κ1) is 23.2. The summed E-state index contributed by atoms with van der Waals surface area (Å²) in [6.45, 7) is 11.6. The molecule has 1 aliphatic rings. The zero-order valence-corrected chi connectivity index (χ0v) is 18.7. The number of aliphatic imine (C=N–C) groups is 1. The molecule has 1 aromatic rings. The molecule has 0 saturated carbocycles. The van der Waals surface area contributed by atoms with E-state index in [9.17, 15) is 5.11 Å². The van der Waals surface area contributed by atoms with Crippen LogP contribution >= 0.6 is 24.0 Å². The Morgan fingerprint density at radius 2 is 1.88 bits per heavy atom. The zero-order chi connectivity index (χ0) is 18.1. The van der Waals surface area contributed by atoms with Crippen molar-refractivity contribution in [3.8, 4) is 0 Å². The fraction of sp³-hybridized carbons (Fsp3) is 0.650. The fourth-order valence-electron chi connectivity index (χ4n) is 3.32. The van der Waals surface area contributed by atoms with Crippen LogP contribution in [-0.2, 0) is 13.2 Å². The SMILES string of the molecule is CCNC(=NCc1ccccc1CO)NC1CCN(CC(C)C)CC1.I. The van der Waals surface area contributed by atoms with E-state index in [-0.39, 0.29) is 30.6 Å². The first-order valence-corrected chi connectivity index (χ1v) is 9.57. The molecule has 1 aliphatic heterocycles. The molecular formula is C20H35IN4O. The van der Waals surface area contributed by atoms with Crippen molar-refractivity contribution >= 4 is 29.9 Å². The van der Waals surface area contributed by atoms with Gasteiger partial charge in [0.25, 0.3) is 0 Å². The Hall–Kier alpha value is -0.860. The minimum atomic E-state index is 0. The average molecular weight is 474 g/mol. The highest BCUT2D eigenvalue weighted by Gasteiger charge is 2.20. The maximum absolute atomic E-state index is 9.45. The van der Waals surface area contributed by atoms with Crippen molar-refractivity contribution in [2.45, 2.75) is 52.8 Å². The Balaban J connectivity index is 0.00000338. The number of nitrogens with one attached hydrogen (secondary N) is 2. The van der Waals surface area contributed by atoms with Gasteiger partial charge in [-0.05, 0) is 36.8 Å². The molecule has 0 atom stereocenters. The highest BCUT2D eigenvalue weighted by molar-refractivity contribution is 14.0. The summed E-state index contributed by atoms with van der Waals surface area (Å²) < 4.78 is 0. The van der Waals surface area contributed by atoms with Crippen LogP contribution < -0.4 is 10.6 Å². The number of piperidine rings is 1. The summed E-state index contributed by atoms with van der Waals surface area (Å²) in [5.41, 5.74) is 2.03. The van der Waals surface area contributed by atoms with Crippen LogP contribution in [0.2, 0.25) is 0 Å². The van der Waals surface area contributed by atoms with E-state index in [1.54, 1.807) is 0 Å². The topological polar surface area (TPSA) is 59.9 Å². The van der Waals surface area contributed by atoms with E-state index in [2.05, 4.69) is 36.3 Å². The summed E-state index contributed by atoms with van der Waals surface area (Å²) >= 11 is 0. The van der Waals surface area contributed by atoms with Crippen molar-refractivity contribution in [3.05, 3.63) is 35.4 Å². The Bertz CT molecular complexity index is 542. The molecule has 26 heavy (non-hydrogen) atoms. The van der Waals surface area contributed by atoms with Crippen molar-refractivity contribution in [1.82, 2.24) is 15.5 Å². The first-order chi connectivity index (χ1) is 12.1. The minimum absolute atomic E-state index is 0. The van der Waals surface area contributed by atoms with Gasteiger partial charge in [0.2, 0.25) is 0 Å². The summed E-state index contributed by atoms with van der Waals surface area (Å²) in [4.78, 5) is 7.28. The van der Waals surface area contributed by atoms with Gasteiger partial charge in [0.15, 0.2) is 5.96 Å². The van der Waals surface area contributed by atoms with Crippen LogP contribution in [0.4, 0.5) is 0 Å². The molecule has 0 spiro atoms. The van der Waals surface area contributed by atoms with E-state index >= 15 is 0 Å². The molecule has 5 nitrogen and oxygen atoms in total. The predicted molar refractivity (Wildman–Crippen MR) is 120 cm³/mol. The molecule has 1 heterocycles. The van der Waals surface area contributed by atoms with Crippen LogP contribution in [-0.4, -0.2) is 48.2 Å². The monoisotopic (exact) mass is 474 g/mol. The lowest BCUT2D eigenvalue weighted by atomic mass is 10.0. The number of aliphatic hydroxyl groups excluding tert-OH is 1. The lowest BCUT2D eigenvalue weighted by molar-refractivity contribution is 0.187. The number of aliphatic hydroxyl groups is 1. The molecule has 0 bridgehead atoms. The second kappa shape index (κ2) is 12.5. The van der Waals surface area contributed by atoms with Gasteiger partial charge in [-0.15, -0.1) is 24.0 Å². The number of hydrogen-bond donors (Lipinski definition) is 3. The van der Waals surface area contributed by atoms with Gasteiger partial charge in [-0.2, -0.15) is 0 Å². The number of guanidine groups is 1. The van der Waals surface area contributed by atoms with Gasteiger partial charge < -0.3 is 20.6 Å². The third kappa shape index (κ3) is 7.80. The maximum atomic E-state index is 9.45. The Morgan fingerprint density at radius 3 is 2.46 bits per heavy atom. The third-order valence-corrected chi connectivity index (χ3v) is 4.59. The fourth-order valence-corrected chi connectivity index (χ4v) is 3.32. The van der Waals surface area contributed by atoms with Crippen molar-refractivity contribution < 1.29 is 5.11 Å². The van der Waals surface area contributed by atoms with Crippen molar-refractivity contribution in [1.29, 1.82) is 0 Å². The minimum Gasteiger partial charge on any atom is -0.392 e. The van der Waals surface area contributed by atoms with Gasteiger partial charge in [0.1, 0.15) is 0 Å². The molecule has 148 valence electrons. The number of likely N-dealkylation sites (tertiary alicyclic amines) is 1. The quantitative estimate of drug-likeness (QED) is 0.323. The Labute approximate surface area is 175 Å². The number of nitrogens with zero attached hydrogens (tertiary/aromatic N) is 2. The second-order valence-electron chi connectivity index (χ2n) is 7.24. The van der Waals surface area contributed by atoms with Crippen LogP contribution in [0.25, 0.3) is 0 Å². The van der Waals surface area contributed by atoms with Crippen LogP contribution in [0.1, 0.15) is 44.7 Å². The van der Waals surface area contributed by atoms with Gasteiger partial charge in [-0.3, -0.25) is 0 Å². The lowest BCUT2D eigenvalue weighted by Gasteiger charge is -2.34. The summed E-state index contributed by atoms with van der Waals surface area (Å²) in [6, 6.07) is 8.41. The number of halogens is 1. The molecule has 1 aromatic carbocycles. The zero-order valence-electron chi connectivity index (χ0n) is 16.4. The molecule has 0 aliphatic carbocycles. The molecule has 0 radical (unpaired) electrons. The maximum Gasteiger partial charge on any atom is 0.191 e. The summed E-state index contributed by atoms with van der Waals surface area (Å²) in [7, 11) is 0. The lowest BCUT2D eigenvalue weighted by Crippen LogP contribution is -2.49. The van der Waals surface area contributed by atoms with E-state index in [0.717, 1.165) is 55.5 Å². The molecule has 6 heteroatoms. The van der Waals surface area contributed by atoms with E-state index in [4.69, 9.17) is 4.99 Å². The summed E-state index contributed by atoms with van der Waals surface area (Å²) in [5, 5.41) is 16.4. The van der Waals surface area contributed by atoms with Crippen molar-refractivity contribution in [2.75, 3.05) is 26.2 Å². The van der Waals surface area contributed by atoms with Crippen LogP contribution in [0.5, 0.6) is 0 Å². The number of benzene rings is 1. The normalized spacial score (nSPS) is 16.4. The van der Waals surface area contributed by atoms with E-state index in [0.29, 0.717) is 12.6 Å².